The number of hydrogen-bond donors (Lipinski definition) is 2. The largest absolute Gasteiger partial charge is 0.481 e. The molecule has 0 bridgehead atoms. The smallest absolute Gasteiger partial charge is 0.310 e. The summed E-state index contributed by atoms with van der Waals surface area (Å²) in [6.07, 6.45) is 4.12. The van der Waals surface area contributed by atoms with Crippen LogP contribution in [-0.4, -0.2) is 22.9 Å². The van der Waals surface area contributed by atoms with Crippen molar-refractivity contribution >= 4 is 5.97 Å². The summed E-state index contributed by atoms with van der Waals surface area (Å²) in [6.45, 7) is 7.15. The third kappa shape index (κ3) is 4.79. The highest BCUT2D eigenvalue weighted by atomic mass is 17.1. The Labute approximate surface area is 83.4 Å². The molecule has 80 valence electrons. The monoisotopic (exact) mass is 200 g/mol. The molecule has 0 saturated carbocycles. The normalized spacial score (nSPS) is 14.4. The fourth-order valence-corrected chi connectivity index (χ4v) is 1.10. The van der Waals surface area contributed by atoms with Gasteiger partial charge in [0.25, 0.3) is 0 Å². The lowest BCUT2D eigenvalue weighted by molar-refractivity contribution is -0.248. The summed E-state index contributed by atoms with van der Waals surface area (Å²) in [5.41, 5.74) is 0. The van der Waals surface area contributed by atoms with E-state index in [2.05, 4.69) is 18.0 Å². The molecule has 4 heteroatoms. The van der Waals surface area contributed by atoms with Crippen molar-refractivity contribution in [3.8, 4) is 0 Å². The highest BCUT2D eigenvalue weighted by Gasteiger charge is 2.15. The highest BCUT2D eigenvalue weighted by molar-refractivity contribution is 5.71. The number of carbonyl (C=O) groups is 1. The van der Waals surface area contributed by atoms with Gasteiger partial charge in [-0.3, -0.25) is 10.1 Å². The molecule has 2 atom stereocenters. The zero-order chi connectivity index (χ0) is 11.0. The van der Waals surface area contributed by atoms with Crippen LogP contribution in [0.1, 0.15) is 12.8 Å². The van der Waals surface area contributed by atoms with Gasteiger partial charge in [0.05, 0.1) is 12.5 Å². The molecule has 0 radical (unpaired) electrons. The van der Waals surface area contributed by atoms with E-state index in [1.807, 2.05) is 0 Å². The zero-order valence-corrected chi connectivity index (χ0v) is 8.06. The maximum Gasteiger partial charge on any atom is 0.310 e. The van der Waals surface area contributed by atoms with Gasteiger partial charge < -0.3 is 5.11 Å². The van der Waals surface area contributed by atoms with Crippen LogP contribution in [-0.2, 0) is 9.68 Å². The van der Waals surface area contributed by atoms with Gasteiger partial charge in [-0.15, -0.1) is 13.2 Å². The Morgan fingerprint density at radius 1 is 1.36 bits per heavy atom. The van der Waals surface area contributed by atoms with Gasteiger partial charge in [-0.05, 0) is 12.8 Å². The lowest BCUT2D eigenvalue weighted by atomic mass is 9.96. The average Bonchev–Trinajstić information content (AvgIpc) is 2.16. The molecule has 0 spiro atoms. The molecule has 0 aromatic carbocycles. The van der Waals surface area contributed by atoms with Crippen LogP contribution < -0.4 is 0 Å². The molecule has 2 N–H and O–H groups in total. The van der Waals surface area contributed by atoms with E-state index in [9.17, 15) is 4.79 Å². The van der Waals surface area contributed by atoms with Crippen LogP contribution in [0.4, 0.5) is 0 Å². The van der Waals surface area contributed by atoms with Crippen LogP contribution in [0.15, 0.2) is 25.3 Å². The third-order valence-corrected chi connectivity index (χ3v) is 2.07. The quantitative estimate of drug-likeness (QED) is 0.357. The first kappa shape index (κ1) is 12.9. The molecule has 14 heavy (non-hydrogen) atoms. The van der Waals surface area contributed by atoms with E-state index in [1.54, 1.807) is 6.08 Å². The number of hydrogen-bond acceptors (Lipinski definition) is 3. The number of rotatable bonds is 8. The minimum Gasteiger partial charge on any atom is -0.481 e. The van der Waals surface area contributed by atoms with Crippen molar-refractivity contribution in [2.24, 2.45) is 11.8 Å². The Balaban J connectivity index is 3.93. The van der Waals surface area contributed by atoms with Crippen molar-refractivity contribution in [1.82, 2.24) is 0 Å². The molecule has 0 aliphatic heterocycles. The minimum absolute atomic E-state index is 0.0261. The van der Waals surface area contributed by atoms with E-state index in [1.165, 1.54) is 6.08 Å². The Hall–Kier alpha value is -1.13. The first-order chi connectivity index (χ1) is 6.65. The van der Waals surface area contributed by atoms with Crippen LogP contribution in [0, 0.1) is 11.8 Å². The highest BCUT2D eigenvalue weighted by Crippen LogP contribution is 2.15. The molecule has 0 aromatic rings. The number of carboxylic acid groups (broad SMARTS) is 1. The molecule has 0 aromatic heterocycles. The molecule has 0 rings (SSSR count). The van der Waals surface area contributed by atoms with Gasteiger partial charge in [-0.2, -0.15) is 0 Å². The van der Waals surface area contributed by atoms with Crippen molar-refractivity contribution in [3.05, 3.63) is 25.3 Å². The molecule has 0 aliphatic rings. The zero-order valence-electron chi connectivity index (χ0n) is 8.06. The molecule has 0 saturated heterocycles. The Kier molecular flexibility index (Phi) is 6.70. The van der Waals surface area contributed by atoms with Crippen molar-refractivity contribution in [3.63, 3.8) is 0 Å². The fraction of sp³-hybridized carbons (Fsp3) is 0.500. The summed E-state index contributed by atoms with van der Waals surface area (Å²) < 4.78 is 0. The maximum absolute atomic E-state index is 10.6. The molecular formula is C10H16O4. The van der Waals surface area contributed by atoms with Gasteiger partial charge in [0.2, 0.25) is 0 Å². The first-order valence-electron chi connectivity index (χ1n) is 4.40. The van der Waals surface area contributed by atoms with Crippen LogP contribution in [0.25, 0.3) is 0 Å². The summed E-state index contributed by atoms with van der Waals surface area (Å²) in [6, 6.07) is 0. The maximum atomic E-state index is 10.6. The molecule has 2 unspecified atom stereocenters. The van der Waals surface area contributed by atoms with E-state index in [0.717, 1.165) is 0 Å². The SMILES string of the molecule is C=CC(CCC(C=C)C(=O)O)COO. The van der Waals surface area contributed by atoms with Crippen LogP contribution >= 0.6 is 0 Å². The second-order valence-corrected chi connectivity index (χ2v) is 3.05. The van der Waals surface area contributed by atoms with Crippen LogP contribution in [0.5, 0.6) is 0 Å². The van der Waals surface area contributed by atoms with Gasteiger partial charge in [0.1, 0.15) is 0 Å². The summed E-state index contributed by atoms with van der Waals surface area (Å²) in [5.74, 6) is -1.45. The van der Waals surface area contributed by atoms with E-state index in [4.69, 9.17) is 10.4 Å². The Bertz CT molecular complexity index is 200. The molecule has 0 aliphatic carbocycles. The summed E-state index contributed by atoms with van der Waals surface area (Å²) in [5, 5.41) is 16.9. The standard InChI is InChI=1S/C10H16O4/c1-3-8(7-14-13)5-6-9(4-2)10(11)12/h3-4,8-9,13H,1-2,5-7H2,(H,11,12). The molecule has 0 amide bonds. The topological polar surface area (TPSA) is 66.8 Å². The third-order valence-electron chi connectivity index (χ3n) is 2.07. The van der Waals surface area contributed by atoms with Crippen molar-refractivity contribution in [2.75, 3.05) is 6.61 Å². The average molecular weight is 200 g/mol. The predicted molar refractivity (Wildman–Crippen MR) is 52.8 cm³/mol. The summed E-state index contributed by atoms with van der Waals surface area (Å²) >= 11 is 0. The van der Waals surface area contributed by atoms with Gasteiger partial charge in [-0.1, -0.05) is 12.2 Å². The lowest BCUT2D eigenvalue weighted by Crippen LogP contribution is -2.14. The summed E-state index contributed by atoms with van der Waals surface area (Å²) in [4.78, 5) is 14.6. The van der Waals surface area contributed by atoms with E-state index in [-0.39, 0.29) is 12.5 Å². The van der Waals surface area contributed by atoms with Gasteiger partial charge >= 0.3 is 5.97 Å². The van der Waals surface area contributed by atoms with Crippen molar-refractivity contribution < 1.29 is 20.0 Å². The molecular weight excluding hydrogens is 184 g/mol. The number of carboxylic acids is 1. The van der Waals surface area contributed by atoms with Crippen molar-refractivity contribution in [1.29, 1.82) is 0 Å². The van der Waals surface area contributed by atoms with Gasteiger partial charge in [0, 0.05) is 5.92 Å². The van der Waals surface area contributed by atoms with Crippen LogP contribution in [0.3, 0.4) is 0 Å². The lowest BCUT2D eigenvalue weighted by Gasteiger charge is -2.12. The molecule has 4 nitrogen and oxygen atoms in total. The van der Waals surface area contributed by atoms with Gasteiger partial charge in [0.15, 0.2) is 0 Å². The number of aliphatic carboxylic acids is 1. The second-order valence-electron chi connectivity index (χ2n) is 3.05. The van der Waals surface area contributed by atoms with Gasteiger partial charge in [-0.25, -0.2) is 4.89 Å². The molecule has 0 heterocycles. The predicted octanol–water partition coefficient (Wildman–Crippen LogP) is 1.95. The fourth-order valence-electron chi connectivity index (χ4n) is 1.10. The van der Waals surface area contributed by atoms with E-state index < -0.39 is 11.9 Å². The molecule has 0 fully saturated rings. The Morgan fingerprint density at radius 3 is 2.36 bits per heavy atom. The van der Waals surface area contributed by atoms with Crippen LogP contribution in [0.2, 0.25) is 0 Å². The Morgan fingerprint density at radius 2 is 2.00 bits per heavy atom. The van der Waals surface area contributed by atoms with E-state index >= 15 is 0 Å². The minimum atomic E-state index is -0.882. The summed E-state index contributed by atoms with van der Waals surface area (Å²) in [7, 11) is 0. The van der Waals surface area contributed by atoms with Crippen molar-refractivity contribution in [2.45, 2.75) is 12.8 Å². The first-order valence-corrected chi connectivity index (χ1v) is 4.40. The second kappa shape index (κ2) is 7.29. The van der Waals surface area contributed by atoms with E-state index in [0.29, 0.717) is 12.8 Å².